The minimum absolute atomic E-state index is 0.0425. The third-order valence-corrected chi connectivity index (χ3v) is 2.78. The quantitative estimate of drug-likeness (QED) is 0.791. The van der Waals surface area contributed by atoms with E-state index in [-0.39, 0.29) is 16.9 Å². The Balaban J connectivity index is 2.41. The van der Waals surface area contributed by atoms with E-state index in [0.717, 1.165) is 11.6 Å². The van der Waals surface area contributed by atoms with Gasteiger partial charge < -0.3 is 4.74 Å². The summed E-state index contributed by atoms with van der Waals surface area (Å²) in [5.74, 6) is -1.78. The topological polar surface area (TPSA) is 26.3 Å². The van der Waals surface area contributed by atoms with E-state index in [0.29, 0.717) is 0 Å². The Bertz CT molecular complexity index is 636. The fourth-order valence-electron chi connectivity index (χ4n) is 1.77. The molecule has 98 valence electrons. The lowest BCUT2D eigenvalue weighted by molar-refractivity contribution is 0.103. The standard InChI is InChI=1S/C15H12F2O2/c1-9-3-5-11(12(16)7-9)15(18)10-4-6-14(19-2)13(17)8-10/h3-8H,1-2H3. The number of aryl methyl sites for hydroxylation is 1. The second-order valence-electron chi connectivity index (χ2n) is 4.16. The maximum atomic E-state index is 13.7. The molecule has 0 fully saturated rings. The van der Waals surface area contributed by atoms with Crippen LogP contribution in [0.3, 0.4) is 0 Å². The van der Waals surface area contributed by atoms with E-state index in [2.05, 4.69) is 0 Å². The molecule has 0 spiro atoms. The molecular formula is C15H12F2O2. The normalized spacial score (nSPS) is 10.3. The van der Waals surface area contributed by atoms with Crippen molar-refractivity contribution in [2.45, 2.75) is 6.92 Å². The average molecular weight is 262 g/mol. The Morgan fingerprint density at radius 1 is 1.05 bits per heavy atom. The predicted octanol–water partition coefficient (Wildman–Crippen LogP) is 3.51. The lowest BCUT2D eigenvalue weighted by Crippen LogP contribution is -2.05. The summed E-state index contributed by atoms with van der Waals surface area (Å²) in [4.78, 5) is 12.1. The summed E-state index contributed by atoms with van der Waals surface area (Å²) >= 11 is 0. The molecule has 0 saturated carbocycles. The van der Waals surface area contributed by atoms with Gasteiger partial charge in [0.1, 0.15) is 5.82 Å². The van der Waals surface area contributed by atoms with Crippen molar-refractivity contribution >= 4 is 5.78 Å². The number of ketones is 1. The summed E-state index contributed by atoms with van der Waals surface area (Å²) in [7, 11) is 1.33. The van der Waals surface area contributed by atoms with Crippen molar-refractivity contribution in [3.8, 4) is 5.75 Å². The number of benzene rings is 2. The molecule has 0 N–H and O–H groups in total. The van der Waals surface area contributed by atoms with E-state index in [1.807, 2.05) is 0 Å². The van der Waals surface area contributed by atoms with Crippen molar-refractivity contribution in [2.75, 3.05) is 7.11 Å². The van der Waals surface area contributed by atoms with Gasteiger partial charge >= 0.3 is 0 Å². The van der Waals surface area contributed by atoms with Gasteiger partial charge in [-0.15, -0.1) is 0 Å². The van der Waals surface area contributed by atoms with Crippen LogP contribution in [0.5, 0.6) is 5.75 Å². The van der Waals surface area contributed by atoms with Gasteiger partial charge in [0.05, 0.1) is 12.7 Å². The number of carbonyl (C=O) groups is 1. The smallest absolute Gasteiger partial charge is 0.196 e. The molecule has 0 heterocycles. The number of hydrogen-bond acceptors (Lipinski definition) is 2. The molecule has 0 unspecified atom stereocenters. The van der Waals surface area contributed by atoms with Crippen LogP contribution in [0.25, 0.3) is 0 Å². The summed E-state index contributed by atoms with van der Waals surface area (Å²) in [6.45, 7) is 1.73. The second kappa shape index (κ2) is 5.18. The van der Waals surface area contributed by atoms with Crippen molar-refractivity contribution in [2.24, 2.45) is 0 Å². The van der Waals surface area contributed by atoms with Gasteiger partial charge in [0.2, 0.25) is 0 Å². The molecule has 2 rings (SSSR count). The van der Waals surface area contributed by atoms with Gasteiger partial charge in [0.15, 0.2) is 17.3 Å². The molecule has 19 heavy (non-hydrogen) atoms. The first kappa shape index (κ1) is 13.2. The van der Waals surface area contributed by atoms with Crippen molar-refractivity contribution < 1.29 is 18.3 Å². The maximum absolute atomic E-state index is 13.7. The summed E-state index contributed by atoms with van der Waals surface area (Å²) in [5.41, 5.74) is 0.728. The average Bonchev–Trinajstić information content (AvgIpc) is 2.38. The number of halogens is 2. The number of hydrogen-bond donors (Lipinski definition) is 0. The van der Waals surface area contributed by atoms with Gasteiger partial charge in [0.25, 0.3) is 0 Å². The first-order valence-corrected chi connectivity index (χ1v) is 5.67. The van der Waals surface area contributed by atoms with Crippen LogP contribution in [0.1, 0.15) is 21.5 Å². The molecular weight excluding hydrogens is 250 g/mol. The number of rotatable bonds is 3. The van der Waals surface area contributed by atoms with Crippen molar-refractivity contribution in [1.82, 2.24) is 0 Å². The van der Waals surface area contributed by atoms with E-state index < -0.39 is 17.4 Å². The zero-order valence-corrected chi connectivity index (χ0v) is 10.5. The van der Waals surface area contributed by atoms with Gasteiger partial charge in [-0.05, 0) is 42.8 Å². The van der Waals surface area contributed by atoms with Gasteiger partial charge in [-0.3, -0.25) is 4.79 Å². The Labute approximate surface area is 109 Å². The highest BCUT2D eigenvalue weighted by Gasteiger charge is 2.15. The minimum Gasteiger partial charge on any atom is -0.494 e. The zero-order chi connectivity index (χ0) is 14.0. The molecule has 0 saturated heterocycles. The molecule has 0 aliphatic rings. The molecule has 0 aliphatic heterocycles. The summed E-state index contributed by atoms with van der Waals surface area (Å²) in [5, 5.41) is 0. The van der Waals surface area contributed by atoms with Gasteiger partial charge in [-0.25, -0.2) is 8.78 Å². The van der Waals surface area contributed by atoms with Gasteiger partial charge in [-0.2, -0.15) is 0 Å². The van der Waals surface area contributed by atoms with Crippen molar-refractivity contribution in [3.05, 3.63) is 64.7 Å². The van der Waals surface area contributed by atoms with E-state index >= 15 is 0 Å². The highest BCUT2D eigenvalue weighted by molar-refractivity contribution is 6.09. The number of carbonyl (C=O) groups excluding carboxylic acids is 1. The van der Waals surface area contributed by atoms with E-state index in [4.69, 9.17) is 4.74 Å². The van der Waals surface area contributed by atoms with E-state index in [1.54, 1.807) is 13.0 Å². The second-order valence-corrected chi connectivity index (χ2v) is 4.16. The van der Waals surface area contributed by atoms with Crippen LogP contribution in [0.15, 0.2) is 36.4 Å². The molecule has 0 aromatic heterocycles. The van der Waals surface area contributed by atoms with E-state index in [9.17, 15) is 13.6 Å². The Morgan fingerprint density at radius 3 is 2.37 bits per heavy atom. The molecule has 0 amide bonds. The Morgan fingerprint density at radius 2 is 1.79 bits per heavy atom. The molecule has 2 nitrogen and oxygen atoms in total. The SMILES string of the molecule is COc1ccc(C(=O)c2ccc(C)cc2F)cc1F. The minimum atomic E-state index is -0.652. The first-order valence-electron chi connectivity index (χ1n) is 5.67. The predicted molar refractivity (Wildman–Crippen MR) is 67.5 cm³/mol. The molecule has 4 heteroatoms. The summed E-state index contributed by atoms with van der Waals surface area (Å²) < 4.78 is 32.0. The summed E-state index contributed by atoms with van der Waals surface area (Å²) in [6, 6.07) is 8.09. The van der Waals surface area contributed by atoms with Crippen LogP contribution >= 0.6 is 0 Å². The van der Waals surface area contributed by atoms with Crippen molar-refractivity contribution in [3.63, 3.8) is 0 Å². The van der Waals surface area contributed by atoms with Crippen LogP contribution in [0, 0.1) is 18.6 Å². The third kappa shape index (κ3) is 2.62. The molecule has 0 aliphatic carbocycles. The monoisotopic (exact) mass is 262 g/mol. The molecule has 2 aromatic carbocycles. The number of ether oxygens (including phenoxy) is 1. The van der Waals surface area contributed by atoms with Gasteiger partial charge in [-0.1, -0.05) is 6.07 Å². The fourth-order valence-corrected chi connectivity index (χ4v) is 1.77. The van der Waals surface area contributed by atoms with Crippen molar-refractivity contribution in [1.29, 1.82) is 0 Å². The maximum Gasteiger partial charge on any atom is 0.196 e. The largest absolute Gasteiger partial charge is 0.494 e. The van der Waals surface area contributed by atoms with Crippen LogP contribution in [-0.4, -0.2) is 12.9 Å². The van der Waals surface area contributed by atoms with Crippen LogP contribution < -0.4 is 4.74 Å². The molecule has 0 radical (unpaired) electrons. The van der Waals surface area contributed by atoms with Crippen LogP contribution in [0.2, 0.25) is 0 Å². The Kier molecular flexibility index (Phi) is 3.60. The highest BCUT2D eigenvalue weighted by atomic mass is 19.1. The van der Waals surface area contributed by atoms with Gasteiger partial charge in [0, 0.05) is 5.56 Å². The van der Waals surface area contributed by atoms with Crippen LogP contribution in [0.4, 0.5) is 8.78 Å². The van der Waals surface area contributed by atoms with Crippen LogP contribution in [-0.2, 0) is 0 Å². The lowest BCUT2D eigenvalue weighted by Gasteiger charge is -2.06. The third-order valence-electron chi connectivity index (χ3n) is 2.78. The van der Waals surface area contributed by atoms with E-state index in [1.165, 1.54) is 31.4 Å². The highest BCUT2D eigenvalue weighted by Crippen LogP contribution is 2.21. The number of methoxy groups -OCH3 is 1. The first-order chi connectivity index (χ1) is 9.02. The lowest BCUT2D eigenvalue weighted by atomic mass is 10.0. The Hall–Kier alpha value is -2.23. The fraction of sp³-hybridized carbons (Fsp3) is 0.133. The molecule has 2 aromatic rings. The molecule has 0 atom stereocenters. The zero-order valence-electron chi connectivity index (χ0n) is 10.5. The summed E-state index contributed by atoms with van der Waals surface area (Å²) in [6.07, 6.45) is 0. The molecule has 0 bridgehead atoms.